The van der Waals surface area contributed by atoms with Gasteiger partial charge in [0.2, 0.25) is 16.8 Å². The molecule has 0 unspecified atom stereocenters. The second-order valence-corrected chi connectivity index (χ2v) is 14.4. The summed E-state index contributed by atoms with van der Waals surface area (Å²) in [6, 6.07) is 0. The molecule has 0 saturated carbocycles. The maximum Gasteiger partial charge on any atom is 0.225 e. The van der Waals surface area contributed by atoms with Gasteiger partial charge in [-0.25, -0.2) is 0 Å². The highest BCUT2D eigenvalue weighted by Crippen LogP contribution is 2.28. The van der Waals surface area contributed by atoms with Gasteiger partial charge in [0.05, 0.1) is 0 Å². The Kier molecular flexibility index (Phi) is 2.86. The van der Waals surface area contributed by atoms with Crippen molar-refractivity contribution in [1.82, 2.24) is 13.4 Å². The summed E-state index contributed by atoms with van der Waals surface area (Å²) in [7, 11) is 3.53. The van der Waals surface area contributed by atoms with Gasteiger partial charge in [-0.15, -0.1) is 0 Å². The van der Waals surface area contributed by atoms with E-state index in [1.165, 1.54) is 0 Å². The fraction of sp³-hybridized carbons (Fsp3) is 0.875. The molecule has 82 valence electrons. The minimum absolute atomic E-state index is 1.02. The van der Waals surface area contributed by atoms with Crippen LogP contribution < -0.4 is 0 Å². The standard InChI is InChI=1S/C8H21N3SSi2/c1-9-8(12)10(2)14(6,7)11(3)13(9,4)5/h1-7H3. The van der Waals surface area contributed by atoms with Crippen molar-refractivity contribution in [3.05, 3.63) is 0 Å². The Labute approximate surface area is 95.0 Å². The summed E-state index contributed by atoms with van der Waals surface area (Å²) < 4.78 is 7.22. The van der Waals surface area contributed by atoms with Crippen LogP contribution in [-0.4, -0.2) is 56.4 Å². The lowest BCUT2D eigenvalue weighted by molar-refractivity contribution is 0.488. The largest absolute Gasteiger partial charge is 0.366 e. The summed E-state index contributed by atoms with van der Waals surface area (Å²) in [6.07, 6.45) is 0. The predicted molar refractivity (Wildman–Crippen MR) is 70.9 cm³/mol. The van der Waals surface area contributed by atoms with Gasteiger partial charge in [0, 0.05) is 14.1 Å². The molecule has 0 aliphatic carbocycles. The summed E-state index contributed by atoms with van der Waals surface area (Å²) in [4.78, 5) is 0. The average molecular weight is 248 g/mol. The molecule has 0 N–H and O–H groups in total. The minimum atomic E-state index is -1.49. The molecule has 1 rings (SSSR count). The fourth-order valence-corrected chi connectivity index (χ4v) is 11.6. The molecular weight excluding hydrogens is 226 g/mol. The quantitative estimate of drug-likeness (QED) is 0.474. The molecular formula is C8H21N3SSi2. The molecule has 14 heavy (non-hydrogen) atoms. The molecule has 3 nitrogen and oxygen atoms in total. The lowest BCUT2D eigenvalue weighted by atomic mass is 11.0. The zero-order valence-electron chi connectivity index (χ0n) is 10.2. The molecule has 1 heterocycles. The zero-order chi connectivity index (χ0) is 11.3. The van der Waals surface area contributed by atoms with E-state index in [1.807, 2.05) is 0 Å². The lowest BCUT2D eigenvalue weighted by Crippen LogP contribution is -2.80. The third kappa shape index (κ3) is 1.44. The van der Waals surface area contributed by atoms with Gasteiger partial charge in [-0.1, -0.05) is 0 Å². The van der Waals surface area contributed by atoms with Crippen LogP contribution in [0, 0.1) is 0 Å². The molecule has 0 radical (unpaired) electrons. The first-order valence-corrected chi connectivity index (χ1v) is 11.1. The Hall–Kier alpha value is 0.0838. The molecule has 0 aromatic heterocycles. The Morgan fingerprint density at radius 1 is 0.857 bits per heavy atom. The predicted octanol–water partition coefficient (Wildman–Crippen LogP) is 1.48. The Balaban J connectivity index is 3.15. The Bertz CT molecular complexity index is 243. The van der Waals surface area contributed by atoms with Crippen molar-refractivity contribution < 1.29 is 0 Å². The summed E-state index contributed by atoms with van der Waals surface area (Å²) in [6.45, 7) is 9.45. The van der Waals surface area contributed by atoms with Crippen molar-refractivity contribution in [3.63, 3.8) is 0 Å². The molecule has 6 heteroatoms. The number of nitrogens with zero attached hydrogens (tertiary/aromatic N) is 3. The van der Waals surface area contributed by atoms with E-state index < -0.39 is 16.8 Å². The number of hydrogen-bond acceptors (Lipinski definition) is 2. The number of thiocarbonyl (C=S) groups is 1. The van der Waals surface area contributed by atoms with E-state index in [1.54, 1.807) is 0 Å². The molecule has 0 atom stereocenters. The van der Waals surface area contributed by atoms with Crippen LogP contribution in [0.3, 0.4) is 0 Å². The first-order chi connectivity index (χ1) is 6.13. The van der Waals surface area contributed by atoms with Crippen molar-refractivity contribution in [1.29, 1.82) is 0 Å². The smallest absolute Gasteiger partial charge is 0.225 e. The summed E-state index contributed by atoms with van der Waals surface area (Å²) >= 11 is 5.50. The molecule has 0 aromatic rings. The Morgan fingerprint density at radius 3 is 1.43 bits per heavy atom. The fourth-order valence-electron chi connectivity index (χ4n) is 1.81. The van der Waals surface area contributed by atoms with E-state index in [4.69, 9.17) is 12.2 Å². The van der Waals surface area contributed by atoms with Crippen molar-refractivity contribution in [2.24, 2.45) is 0 Å². The van der Waals surface area contributed by atoms with Gasteiger partial charge in [0.15, 0.2) is 5.11 Å². The van der Waals surface area contributed by atoms with Crippen molar-refractivity contribution in [3.8, 4) is 0 Å². The normalized spacial score (nSPS) is 26.9. The first-order valence-electron chi connectivity index (χ1n) is 4.89. The second kappa shape index (κ2) is 3.29. The SMILES string of the molecule is CN1C(=S)N(C)[Si](C)(C)N(C)[Si]1(C)C. The van der Waals surface area contributed by atoms with Gasteiger partial charge in [0.25, 0.3) is 0 Å². The highest BCUT2D eigenvalue weighted by molar-refractivity contribution is 7.80. The van der Waals surface area contributed by atoms with Crippen LogP contribution in [-0.2, 0) is 0 Å². The molecule has 1 aliphatic rings. The third-order valence-electron chi connectivity index (χ3n) is 3.86. The molecule has 0 spiro atoms. The second-order valence-electron chi connectivity index (χ2n) is 4.95. The van der Waals surface area contributed by atoms with Crippen LogP contribution in [0.2, 0.25) is 26.2 Å². The minimum Gasteiger partial charge on any atom is -0.366 e. The monoisotopic (exact) mass is 247 g/mol. The summed E-state index contributed by atoms with van der Waals surface area (Å²) in [5.74, 6) is 0. The molecule has 1 saturated heterocycles. The summed E-state index contributed by atoms with van der Waals surface area (Å²) in [5.41, 5.74) is 0. The highest BCUT2D eigenvalue weighted by Gasteiger charge is 2.50. The van der Waals surface area contributed by atoms with Crippen molar-refractivity contribution >= 4 is 34.1 Å². The molecule has 0 aromatic carbocycles. The topological polar surface area (TPSA) is 9.72 Å². The van der Waals surface area contributed by atoms with Crippen LogP contribution in [0.5, 0.6) is 0 Å². The lowest BCUT2D eigenvalue weighted by Gasteiger charge is -2.58. The van der Waals surface area contributed by atoms with Crippen LogP contribution in [0.25, 0.3) is 0 Å². The number of hydrogen-bond donors (Lipinski definition) is 0. The van der Waals surface area contributed by atoms with Crippen LogP contribution in [0.15, 0.2) is 0 Å². The van der Waals surface area contributed by atoms with Crippen LogP contribution in [0.4, 0.5) is 0 Å². The van der Waals surface area contributed by atoms with E-state index in [0.717, 1.165) is 5.11 Å². The van der Waals surface area contributed by atoms with Crippen molar-refractivity contribution in [2.45, 2.75) is 26.2 Å². The first kappa shape index (κ1) is 12.2. The highest BCUT2D eigenvalue weighted by atomic mass is 32.1. The zero-order valence-corrected chi connectivity index (χ0v) is 13.1. The van der Waals surface area contributed by atoms with Gasteiger partial charge in [-0.05, 0) is 45.5 Å². The van der Waals surface area contributed by atoms with Gasteiger partial charge in [0.1, 0.15) is 0 Å². The van der Waals surface area contributed by atoms with Gasteiger partial charge >= 0.3 is 0 Å². The van der Waals surface area contributed by atoms with Crippen molar-refractivity contribution in [2.75, 3.05) is 21.1 Å². The van der Waals surface area contributed by atoms with E-state index in [2.05, 4.69) is 60.7 Å². The molecule has 1 aliphatic heterocycles. The van der Waals surface area contributed by atoms with Crippen LogP contribution in [0.1, 0.15) is 0 Å². The molecule has 1 fully saturated rings. The maximum absolute atomic E-state index is 5.50. The average Bonchev–Trinajstić information content (AvgIpc) is 2.11. The summed E-state index contributed by atoms with van der Waals surface area (Å²) in [5, 5.41) is 1.02. The van der Waals surface area contributed by atoms with Gasteiger partial charge < -0.3 is 13.4 Å². The third-order valence-corrected chi connectivity index (χ3v) is 15.0. The molecule has 0 amide bonds. The maximum atomic E-state index is 5.50. The Morgan fingerprint density at radius 2 is 1.14 bits per heavy atom. The van der Waals surface area contributed by atoms with E-state index in [9.17, 15) is 0 Å². The van der Waals surface area contributed by atoms with E-state index in [0.29, 0.717) is 0 Å². The van der Waals surface area contributed by atoms with Crippen LogP contribution >= 0.6 is 12.2 Å². The number of rotatable bonds is 0. The van der Waals surface area contributed by atoms with Gasteiger partial charge in [-0.2, -0.15) is 0 Å². The van der Waals surface area contributed by atoms with E-state index >= 15 is 0 Å². The molecule has 0 bridgehead atoms. The van der Waals surface area contributed by atoms with E-state index in [-0.39, 0.29) is 0 Å². The van der Waals surface area contributed by atoms with Gasteiger partial charge in [-0.3, -0.25) is 0 Å².